The van der Waals surface area contributed by atoms with Crippen molar-refractivity contribution in [3.8, 4) is 0 Å². The van der Waals surface area contributed by atoms with Gasteiger partial charge in [-0.15, -0.1) is 11.3 Å². The molecule has 1 aromatic heterocycles. The second kappa shape index (κ2) is 5.41. The zero-order valence-corrected chi connectivity index (χ0v) is 10.9. The summed E-state index contributed by atoms with van der Waals surface area (Å²) in [6.45, 7) is 4.38. The Morgan fingerprint density at radius 1 is 1.60 bits per heavy atom. The van der Waals surface area contributed by atoms with E-state index in [1.54, 1.807) is 11.3 Å². The Hall–Kier alpha value is 0.0600. The van der Waals surface area contributed by atoms with Crippen LogP contribution in [0.15, 0.2) is 15.9 Å². The number of halogens is 1. The lowest BCUT2D eigenvalue weighted by Crippen LogP contribution is -2.44. The molecule has 0 bridgehead atoms. The zero-order chi connectivity index (χ0) is 10.7. The van der Waals surface area contributed by atoms with E-state index in [4.69, 9.17) is 10.5 Å². The summed E-state index contributed by atoms with van der Waals surface area (Å²) in [7, 11) is 0. The molecule has 1 unspecified atom stereocenters. The van der Waals surface area contributed by atoms with Gasteiger partial charge in [-0.3, -0.25) is 4.90 Å². The van der Waals surface area contributed by atoms with Gasteiger partial charge >= 0.3 is 0 Å². The summed E-state index contributed by atoms with van der Waals surface area (Å²) in [5, 5.41) is 0. The smallest absolute Gasteiger partial charge is 0.0824 e. The Morgan fingerprint density at radius 2 is 2.47 bits per heavy atom. The molecule has 0 aromatic carbocycles. The second-order valence-electron chi connectivity index (χ2n) is 3.67. The van der Waals surface area contributed by atoms with Crippen molar-refractivity contribution >= 4 is 27.3 Å². The normalized spacial score (nSPS) is 23.2. The van der Waals surface area contributed by atoms with Gasteiger partial charge in [-0.1, -0.05) is 0 Å². The van der Waals surface area contributed by atoms with Crippen molar-refractivity contribution < 1.29 is 4.74 Å². The highest BCUT2D eigenvalue weighted by Gasteiger charge is 2.19. The lowest BCUT2D eigenvalue weighted by molar-refractivity contribution is -0.0257. The Balaban J connectivity index is 1.88. The van der Waals surface area contributed by atoms with Crippen LogP contribution in [0.1, 0.15) is 4.88 Å². The maximum atomic E-state index is 5.61. The lowest BCUT2D eigenvalue weighted by atomic mass is 10.2. The number of hydrogen-bond donors (Lipinski definition) is 1. The van der Waals surface area contributed by atoms with E-state index in [1.165, 1.54) is 8.66 Å². The van der Waals surface area contributed by atoms with Crippen LogP contribution >= 0.6 is 27.3 Å². The number of ether oxygens (including phenoxy) is 1. The molecular formula is C10H15BrN2OS. The molecule has 0 spiro atoms. The predicted molar refractivity (Wildman–Crippen MR) is 66.1 cm³/mol. The molecule has 3 nitrogen and oxygen atoms in total. The van der Waals surface area contributed by atoms with E-state index < -0.39 is 0 Å². The van der Waals surface area contributed by atoms with Crippen molar-refractivity contribution in [1.82, 2.24) is 4.90 Å². The first-order valence-corrected chi connectivity index (χ1v) is 6.67. The first-order valence-electron chi connectivity index (χ1n) is 5.06. The van der Waals surface area contributed by atoms with E-state index in [-0.39, 0.29) is 6.10 Å². The molecule has 15 heavy (non-hydrogen) atoms. The topological polar surface area (TPSA) is 38.5 Å². The highest BCUT2D eigenvalue weighted by Crippen LogP contribution is 2.23. The predicted octanol–water partition coefficient (Wildman–Crippen LogP) is 1.67. The van der Waals surface area contributed by atoms with Crippen molar-refractivity contribution in [2.75, 3.05) is 26.2 Å². The molecule has 2 heterocycles. The van der Waals surface area contributed by atoms with Crippen LogP contribution in [0.4, 0.5) is 0 Å². The fourth-order valence-electron chi connectivity index (χ4n) is 1.72. The summed E-state index contributed by atoms with van der Waals surface area (Å²) in [5.41, 5.74) is 5.61. The van der Waals surface area contributed by atoms with Crippen LogP contribution in [0, 0.1) is 0 Å². The maximum Gasteiger partial charge on any atom is 0.0824 e. The number of rotatable bonds is 3. The summed E-state index contributed by atoms with van der Waals surface area (Å²) in [6.07, 6.45) is 0.210. The third-order valence-corrected chi connectivity index (χ3v) is 4.10. The molecule has 1 aliphatic heterocycles. The molecule has 1 fully saturated rings. The van der Waals surface area contributed by atoms with E-state index in [9.17, 15) is 0 Å². The molecule has 84 valence electrons. The molecule has 1 saturated heterocycles. The van der Waals surface area contributed by atoms with E-state index in [1.807, 2.05) is 0 Å². The van der Waals surface area contributed by atoms with Crippen molar-refractivity contribution in [2.45, 2.75) is 12.6 Å². The number of thiophene rings is 1. The minimum Gasteiger partial charge on any atom is -0.374 e. The van der Waals surface area contributed by atoms with E-state index in [0.717, 1.165) is 26.2 Å². The largest absolute Gasteiger partial charge is 0.374 e. The SMILES string of the molecule is NCC1CN(Cc2ccc(Br)s2)CCO1. The highest BCUT2D eigenvalue weighted by molar-refractivity contribution is 9.11. The minimum atomic E-state index is 0.210. The average Bonchev–Trinajstić information content (AvgIpc) is 2.64. The lowest BCUT2D eigenvalue weighted by Gasteiger charge is -2.31. The number of morpholine rings is 1. The standard InChI is InChI=1S/C10H15BrN2OS/c11-10-2-1-9(15-10)7-13-3-4-14-8(5-12)6-13/h1-2,8H,3-7,12H2. The average molecular weight is 291 g/mol. The summed E-state index contributed by atoms with van der Waals surface area (Å²) < 4.78 is 6.72. The van der Waals surface area contributed by atoms with Gasteiger partial charge in [0.05, 0.1) is 16.5 Å². The minimum absolute atomic E-state index is 0.210. The molecule has 2 N–H and O–H groups in total. The van der Waals surface area contributed by atoms with Gasteiger partial charge in [-0.05, 0) is 28.1 Å². The van der Waals surface area contributed by atoms with Crippen LogP contribution in [0.3, 0.4) is 0 Å². The third-order valence-electron chi connectivity index (χ3n) is 2.49. The summed E-state index contributed by atoms with van der Waals surface area (Å²) in [6, 6.07) is 4.27. The van der Waals surface area contributed by atoms with Crippen molar-refractivity contribution in [2.24, 2.45) is 5.73 Å². The van der Waals surface area contributed by atoms with Crippen LogP contribution in [-0.2, 0) is 11.3 Å². The van der Waals surface area contributed by atoms with Gasteiger partial charge in [0, 0.05) is 31.1 Å². The van der Waals surface area contributed by atoms with E-state index >= 15 is 0 Å². The molecule has 0 amide bonds. The summed E-state index contributed by atoms with van der Waals surface area (Å²) in [5.74, 6) is 0. The van der Waals surface area contributed by atoms with Crippen LogP contribution < -0.4 is 5.73 Å². The number of nitrogens with two attached hydrogens (primary N) is 1. The molecule has 1 aromatic rings. The van der Waals surface area contributed by atoms with Crippen LogP contribution in [0.2, 0.25) is 0 Å². The maximum absolute atomic E-state index is 5.61. The Kier molecular flexibility index (Phi) is 4.16. The third kappa shape index (κ3) is 3.26. The quantitative estimate of drug-likeness (QED) is 0.920. The Morgan fingerprint density at radius 3 is 3.13 bits per heavy atom. The van der Waals surface area contributed by atoms with Gasteiger partial charge < -0.3 is 10.5 Å². The first-order chi connectivity index (χ1) is 7.28. The zero-order valence-electron chi connectivity index (χ0n) is 8.49. The summed E-state index contributed by atoms with van der Waals surface area (Å²) >= 11 is 5.27. The van der Waals surface area contributed by atoms with Crippen LogP contribution in [0.5, 0.6) is 0 Å². The van der Waals surface area contributed by atoms with Gasteiger partial charge in [0.15, 0.2) is 0 Å². The molecule has 2 rings (SSSR count). The fourth-order valence-corrected chi connectivity index (χ4v) is 3.25. The van der Waals surface area contributed by atoms with Crippen molar-refractivity contribution in [3.05, 3.63) is 20.8 Å². The van der Waals surface area contributed by atoms with Crippen molar-refractivity contribution in [3.63, 3.8) is 0 Å². The number of nitrogens with zero attached hydrogens (tertiary/aromatic N) is 1. The second-order valence-corrected chi connectivity index (χ2v) is 6.22. The molecule has 0 aliphatic carbocycles. The molecule has 0 radical (unpaired) electrons. The highest BCUT2D eigenvalue weighted by atomic mass is 79.9. The molecule has 1 atom stereocenters. The molecule has 1 aliphatic rings. The van der Waals surface area contributed by atoms with Crippen LogP contribution in [0.25, 0.3) is 0 Å². The van der Waals surface area contributed by atoms with Gasteiger partial charge in [0.1, 0.15) is 0 Å². The van der Waals surface area contributed by atoms with Gasteiger partial charge in [-0.2, -0.15) is 0 Å². The van der Waals surface area contributed by atoms with Gasteiger partial charge in [-0.25, -0.2) is 0 Å². The molecule has 5 heteroatoms. The van der Waals surface area contributed by atoms with Gasteiger partial charge in [0.2, 0.25) is 0 Å². The fraction of sp³-hybridized carbons (Fsp3) is 0.600. The molecule has 0 saturated carbocycles. The monoisotopic (exact) mass is 290 g/mol. The Bertz CT molecular complexity index is 318. The van der Waals surface area contributed by atoms with Crippen LogP contribution in [-0.4, -0.2) is 37.2 Å². The first kappa shape index (κ1) is 11.5. The van der Waals surface area contributed by atoms with E-state index in [0.29, 0.717) is 6.54 Å². The van der Waals surface area contributed by atoms with Crippen molar-refractivity contribution in [1.29, 1.82) is 0 Å². The molecular weight excluding hydrogens is 276 g/mol. The number of hydrogen-bond acceptors (Lipinski definition) is 4. The van der Waals surface area contributed by atoms with Gasteiger partial charge in [0.25, 0.3) is 0 Å². The van der Waals surface area contributed by atoms with E-state index in [2.05, 4.69) is 33.0 Å². The summed E-state index contributed by atoms with van der Waals surface area (Å²) in [4.78, 5) is 3.79. The Labute approximate surface area is 102 Å².